The summed E-state index contributed by atoms with van der Waals surface area (Å²) in [6.45, 7) is 8.55. The zero-order valence-electron chi connectivity index (χ0n) is 15.7. The number of rotatable bonds is 7. The highest BCUT2D eigenvalue weighted by Crippen LogP contribution is 2.18. The molecule has 2 aromatic rings. The summed E-state index contributed by atoms with van der Waals surface area (Å²) in [6.07, 6.45) is 2.85. The summed E-state index contributed by atoms with van der Waals surface area (Å²) < 4.78 is 19.3. The van der Waals surface area contributed by atoms with Crippen LogP contribution in [-0.2, 0) is 4.74 Å². The Morgan fingerprint density at radius 1 is 1.22 bits per heavy atom. The van der Waals surface area contributed by atoms with Crippen LogP contribution in [0.25, 0.3) is 0 Å². The molecule has 144 valence electrons. The van der Waals surface area contributed by atoms with E-state index in [0.29, 0.717) is 26.3 Å². The van der Waals surface area contributed by atoms with Gasteiger partial charge >= 0.3 is 0 Å². The number of morpholine rings is 1. The minimum absolute atomic E-state index is 0.258. The highest BCUT2D eigenvalue weighted by molar-refractivity contribution is 5.80. The van der Waals surface area contributed by atoms with Gasteiger partial charge in [-0.2, -0.15) is 10.1 Å². The van der Waals surface area contributed by atoms with Crippen LogP contribution >= 0.6 is 0 Å². The Kier molecular flexibility index (Phi) is 6.54. The Balaban J connectivity index is 1.64. The molecule has 0 bridgehead atoms. The van der Waals surface area contributed by atoms with Crippen molar-refractivity contribution in [3.05, 3.63) is 41.8 Å². The van der Waals surface area contributed by atoms with E-state index in [4.69, 9.17) is 4.74 Å². The average Bonchev–Trinajstić information content (AvgIpc) is 2.72. The summed E-state index contributed by atoms with van der Waals surface area (Å²) in [7, 11) is 0. The molecule has 3 rings (SSSR count). The Morgan fingerprint density at radius 3 is 2.59 bits per heavy atom. The fraction of sp³-hybridized carbons (Fsp3) is 0.421. The molecule has 8 heteroatoms. The summed E-state index contributed by atoms with van der Waals surface area (Å²) >= 11 is 0. The third kappa shape index (κ3) is 4.91. The molecule has 1 aliphatic rings. The first-order valence-electron chi connectivity index (χ1n) is 9.20. The fourth-order valence-electron chi connectivity index (χ4n) is 2.93. The Hall–Kier alpha value is -2.74. The molecule has 2 heterocycles. The summed E-state index contributed by atoms with van der Waals surface area (Å²) in [5, 5.41) is 4.16. The largest absolute Gasteiger partial charge is 0.378 e. The Morgan fingerprint density at radius 2 is 1.93 bits per heavy atom. The van der Waals surface area contributed by atoms with Crippen LogP contribution in [0.2, 0.25) is 0 Å². The van der Waals surface area contributed by atoms with Crippen molar-refractivity contribution in [3.8, 4) is 0 Å². The minimum Gasteiger partial charge on any atom is -0.378 e. The van der Waals surface area contributed by atoms with Crippen LogP contribution in [0.3, 0.4) is 0 Å². The predicted octanol–water partition coefficient (Wildman–Crippen LogP) is 2.74. The number of ether oxygens (including phenoxy) is 1. The maximum Gasteiger partial charge on any atom is 0.245 e. The van der Waals surface area contributed by atoms with Gasteiger partial charge in [-0.1, -0.05) is 12.1 Å². The van der Waals surface area contributed by atoms with Crippen molar-refractivity contribution in [1.29, 1.82) is 0 Å². The molecular formula is C19H25FN6O. The van der Waals surface area contributed by atoms with Gasteiger partial charge in [0.15, 0.2) is 11.6 Å². The molecule has 1 saturated heterocycles. The highest BCUT2D eigenvalue weighted by Gasteiger charge is 2.17. The number of hydrogen-bond donors (Lipinski definition) is 1. The zero-order chi connectivity index (χ0) is 19.1. The molecule has 0 amide bonds. The number of benzene rings is 1. The van der Waals surface area contributed by atoms with Crippen LogP contribution in [0.4, 0.5) is 21.8 Å². The van der Waals surface area contributed by atoms with Crippen molar-refractivity contribution >= 4 is 23.7 Å². The van der Waals surface area contributed by atoms with Crippen LogP contribution in [-0.4, -0.2) is 55.6 Å². The lowest BCUT2D eigenvalue weighted by atomic mass is 10.2. The van der Waals surface area contributed by atoms with Gasteiger partial charge in [0.1, 0.15) is 0 Å². The molecule has 1 fully saturated rings. The third-order valence-electron chi connectivity index (χ3n) is 4.44. The van der Waals surface area contributed by atoms with Gasteiger partial charge in [-0.05, 0) is 31.5 Å². The number of halogens is 1. The molecule has 0 saturated carbocycles. The first kappa shape index (κ1) is 19.0. The summed E-state index contributed by atoms with van der Waals surface area (Å²) in [4.78, 5) is 12.3. The first-order valence-corrected chi connectivity index (χ1v) is 9.20. The summed E-state index contributed by atoms with van der Waals surface area (Å²) in [5.74, 6) is 0.0851. The van der Waals surface area contributed by atoms with Crippen LogP contribution in [0.1, 0.15) is 19.4 Å². The number of nitrogens with zero attached hydrogens (tertiary/aromatic N) is 5. The lowest BCUT2D eigenvalue weighted by molar-refractivity contribution is 0.122. The van der Waals surface area contributed by atoms with Gasteiger partial charge in [0.25, 0.3) is 0 Å². The number of hydrogen-bond acceptors (Lipinski definition) is 7. The molecule has 0 atom stereocenters. The first-order chi connectivity index (χ1) is 13.2. The van der Waals surface area contributed by atoms with Gasteiger partial charge in [0, 0.05) is 31.9 Å². The molecule has 7 nitrogen and oxygen atoms in total. The summed E-state index contributed by atoms with van der Waals surface area (Å²) in [5.41, 5.74) is 4.91. The van der Waals surface area contributed by atoms with E-state index in [1.165, 1.54) is 5.69 Å². The van der Waals surface area contributed by atoms with Crippen LogP contribution in [0.15, 0.2) is 35.6 Å². The van der Waals surface area contributed by atoms with E-state index in [2.05, 4.69) is 51.4 Å². The second-order valence-corrected chi connectivity index (χ2v) is 6.10. The topological polar surface area (TPSA) is 65.9 Å². The fourth-order valence-corrected chi connectivity index (χ4v) is 2.93. The van der Waals surface area contributed by atoms with E-state index in [1.807, 2.05) is 17.0 Å². The van der Waals surface area contributed by atoms with Gasteiger partial charge < -0.3 is 14.5 Å². The van der Waals surface area contributed by atoms with Crippen molar-refractivity contribution in [2.75, 3.05) is 54.6 Å². The molecule has 0 unspecified atom stereocenters. The highest BCUT2D eigenvalue weighted by atomic mass is 19.1. The Labute approximate surface area is 158 Å². The monoisotopic (exact) mass is 372 g/mol. The van der Waals surface area contributed by atoms with Gasteiger partial charge in [0.2, 0.25) is 5.95 Å². The normalized spacial score (nSPS) is 14.6. The maximum absolute atomic E-state index is 14.0. The smallest absolute Gasteiger partial charge is 0.245 e. The lowest BCUT2D eigenvalue weighted by Crippen LogP contribution is -2.37. The third-order valence-corrected chi connectivity index (χ3v) is 4.44. The number of anilines is 3. The number of hydrazone groups is 1. The minimum atomic E-state index is -0.446. The molecule has 1 aromatic carbocycles. The molecular weight excluding hydrogens is 347 g/mol. The van der Waals surface area contributed by atoms with E-state index in [1.54, 1.807) is 6.21 Å². The van der Waals surface area contributed by atoms with E-state index in [9.17, 15) is 4.39 Å². The van der Waals surface area contributed by atoms with Crippen molar-refractivity contribution in [2.45, 2.75) is 13.8 Å². The molecule has 0 aliphatic carbocycles. The zero-order valence-corrected chi connectivity index (χ0v) is 15.7. The molecule has 27 heavy (non-hydrogen) atoms. The molecule has 0 spiro atoms. The van der Waals surface area contributed by atoms with E-state index >= 15 is 0 Å². The van der Waals surface area contributed by atoms with Gasteiger partial charge in [-0.25, -0.2) is 14.8 Å². The maximum atomic E-state index is 14.0. The SMILES string of the molecule is CCN(CC)c1ccc(/C=N\Nc2ncc(F)c(N3CCOCC3)n2)cc1. The molecule has 0 radical (unpaired) electrons. The second kappa shape index (κ2) is 9.27. The van der Waals surface area contributed by atoms with Gasteiger partial charge in [0.05, 0.1) is 25.6 Å². The van der Waals surface area contributed by atoms with E-state index < -0.39 is 5.82 Å². The van der Waals surface area contributed by atoms with Crippen molar-refractivity contribution in [1.82, 2.24) is 9.97 Å². The summed E-state index contributed by atoms with van der Waals surface area (Å²) in [6, 6.07) is 8.14. The number of aromatic nitrogens is 2. The van der Waals surface area contributed by atoms with Crippen molar-refractivity contribution in [3.63, 3.8) is 0 Å². The van der Waals surface area contributed by atoms with Gasteiger partial charge in [-0.15, -0.1) is 0 Å². The van der Waals surface area contributed by atoms with Crippen molar-refractivity contribution in [2.24, 2.45) is 5.10 Å². The average molecular weight is 372 g/mol. The quantitative estimate of drug-likeness (QED) is 0.596. The molecule has 1 aliphatic heterocycles. The second-order valence-electron chi connectivity index (χ2n) is 6.10. The van der Waals surface area contributed by atoms with Crippen LogP contribution in [0.5, 0.6) is 0 Å². The van der Waals surface area contributed by atoms with Crippen LogP contribution in [0, 0.1) is 5.82 Å². The Bertz CT molecular complexity index is 757. The molecule has 1 aromatic heterocycles. The van der Waals surface area contributed by atoms with Crippen LogP contribution < -0.4 is 15.2 Å². The van der Waals surface area contributed by atoms with Gasteiger partial charge in [-0.3, -0.25) is 0 Å². The predicted molar refractivity (Wildman–Crippen MR) is 106 cm³/mol. The van der Waals surface area contributed by atoms with E-state index in [-0.39, 0.29) is 11.8 Å². The lowest BCUT2D eigenvalue weighted by Gasteiger charge is -2.27. The number of nitrogens with one attached hydrogen (secondary N) is 1. The molecule has 1 N–H and O–H groups in total. The van der Waals surface area contributed by atoms with E-state index in [0.717, 1.165) is 24.8 Å². The van der Waals surface area contributed by atoms with Crippen molar-refractivity contribution < 1.29 is 9.13 Å². The standard InChI is InChI=1S/C19H25FN6O/c1-3-25(4-2)16-7-5-15(6-8-16)13-22-24-19-21-14-17(20)18(23-19)26-9-11-27-12-10-26/h5-8,13-14H,3-4,9-12H2,1-2H3,(H,21,23,24)/b22-13-.